The number of esters is 1. The lowest BCUT2D eigenvalue weighted by Crippen LogP contribution is -2.49. The Balaban J connectivity index is 1.51. The van der Waals surface area contributed by atoms with Crippen LogP contribution in [0.5, 0.6) is 0 Å². The zero-order valence-corrected chi connectivity index (χ0v) is 17.1. The topological polar surface area (TPSA) is 75.9 Å². The van der Waals surface area contributed by atoms with Crippen molar-refractivity contribution >= 4 is 11.9 Å². The third-order valence-electron chi connectivity index (χ3n) is 5.84. The summed E-state index contributed by atoms with van der Waals surface area (Å²) in [5, 5.41) is 7.29. The Morgan fingerprint density at radius 1 is 1.11 bits per heavy atom. The predicted molar refractivity (Wildman–Crippen MR) is 110 cm³/mol. The smallest absolute Gasteiger partial charge is 0.308 e. The number of hydrogen-bond acceptors (Lipinski definition) is 4. The van der Waals surface area contributed by atoms with E-state index in [0.29, 0.717) is 25.2 Å². The largest absolute Gasteiger partial charge is 0.469 e. The Morgan fingerprint density at radius 3 is 2.46 bits per heavy atom. The van der Waals surface area contributed by atoms with Crippen molar-refractivity contribution < 1.29 is 13.9 Å². The molecule has 1 heterocycles. The Kier molecular flexibility index (Phi) is 8.24. The van der Waals surface area contributed by atoms with Crippen LogP contribution in [0.1, 0.15) is 70.5 Å². The van der Waals surface area contributed by atoms with E-state index in [0.717, 1.165) is 43.8 Å². The molecule has 6 nitrogen and oxygen atoms in total. The van der Waals surface area contributed by atoms with Gasteiger partial charge in [0.2, 0.25) is 0 Å². The summed E-state index contributed by atoms with van der Waals surface area (Å²) in [4.78, 5) is 16.8. The number of hydrogen-bond donors (Lipinski definition) is 2. The lowest BCUT2D eigenvalue weighted by Gasteiger charge is -2.31. The standard InChI is InChI=1S/C22H35N3O3/c1-2-27-21(26)17-10-12-19(13-11-17)25-22(24-18-7-4-3-5-8-18)23-15-14-20-9-6-16-28-20/h6,9,16-19H,2-5,7-8,10-15H2,1H3,(H2,23,24,25). The van der Waals surface area contributed by atoms with E-state index in [2.05, 4.69) is 10.6 Å². The minimum Gasteiger partial charge on any atom is -0.469 e. The van der Waals surface area contributed by atoms with Crippen molar-refractivity contribution in [3.63, 3.8) is 0 Å². The van der Waals surface area contributed by atoms with E-state index in [4.69, 9.17) is 14.1 Å². The van der Waals surface area contributed by atoms with E-state index in [9.17, 15) is 4.79 Å². The van der Waals surface area contributed by atoms with Crippen LogP contribution >= 0.6 is 0 Å². The molecular formula is C22H35N3O3. The predicted octanol–water partition coefficient (Wildman–Crippen LogP) is 3.81. The first-order chi connectivity index (χ1) is 13.7. The summed E-state index contributed by atoms with van der Waals surface area (Å²) in [7, 11) is 0. The molecule has 0 bridgehead atoms. The minimum atomic E-state index is -0.0337. The molecule has 0 aliphatic heterocycles. The molecule has 0 atom stereocenters. The molecule has 0 unspecified atom stereocenters. The quantitative estimate of drug-likeness (QED) is 0.421. The number of nitrogens with one attached hydrogen (secondary N) is 2. The molecule has 28 heavy (non-hydrogen) atoms. The van der Waals surface area contributed by atoms with Gasteiger partial charge in [-0.25, -0.2) is 0 Å². The van der Waals surface area contributed by atoms with Gasteiger partial charge in [-0.15, -0.1) is 0 Å². The zero-order valence-electron chi connectivity index (χ0n) is 17.1. The summed E-state index contributed by atoms with van der Waals surface area (Å²) in [5.41, 5.74) is 0. The lowest BCUT2D eigenvalue weighted by atomic mass is 9.86. The number of aliphatic imine (C=N–C) groups is 1. The van der Waals surface area contributed by atoms with Crippen LogP contribution in [0.3, 0.4) is 0 Å². The van der Waals surface area contributed by atoms with E-state index in [1.54, 1.807) is 6.26 Å². The monoisotopic (exact) mass is 389 g/mol. The van der Waals surface area contributed by atoms with Gasteiger partial charge >= 0.3 is 5.97 Å². The molecular weight excluding hydrogens is 354 g/mol. The Hall–Kier alpha value is -1.98. The van der Waals surface area contributed by atoms with Crippen molar-refractivity contribution in [3.8, 4) is 0 Å². The lowest BCUT2D eigenvalue weighted by molar-refractivity contribution is -0.149. The van der Waals surface area contributed by atoms with Gasteiger partial charge in [0.05, 0.1) is 18.8 Å². The van der Waals surface area contributed by atoms with Crippen molar-refractivity contribution in [2.75, 3.05) is 13.2 Å². The van der Waals surface area contributed by atoms with Gasteiger partial charge in [0.25, 0.3) is 0 Å². The van der Waals surface area contributed by atoms with E-state index in [1.165, 1.54) is 32.1 Å². The molecule has 0 spiro atoms. The molecule has 156 valence electrons. The first-order valence-corrected chi connectivity index (χ1v) is 11.0. The van der Waals surface area contributed by atoms with Gasteiger partial charge in [-0.05, 0) is 57.6 Å². The van der Waals surface area contributed by atoms with E-state index in [1.807, 2.05) is 19.1 Å². The molecule has 2 N–H and O–H groups in total. The van der Waals surface area contributed by atoms with Gasteiger partial charge in [-0.2, -0.15) is 0 Å². The molecule has 0 amide bonds. The maximum Gasteiger partial charge on any atom is 0.308 e. The highest BCUT2D eigenvalue weighted by atomic mass is 16.5. The molecule has 1 aromatic heterocycles. The number of rotatable bonds is 7. The number of ether oxygens (including phenoxy) is 1. The first-order valence-electron chi connectivity index (χ1n) is 11.0. The number of carbonyl (C=O) groups is 1. The molecule has 2 saturated carbocycles. The van der Waals surface area contributed by atoms with Crippen LogP contribution < -0.4 is 10.6 Å². The summed E-state index contributed by atoms with van der Waals surface area (Å²) < 4.78 is 10.6. The zero-order chi connectivity index (χ0) is 19.6. The van der Waals surface area contributed by atoms with Gasteiger partial charge < -0.3 is 19.8 Å². The Bertz CT molecular complexity index is 601. The van der Waals surface area contributed by atoms with Gasteiger partial charge in [-0.1, -0.05) is 19.3 Å². The number of guanidine groups is 1. The molecule has 2 fully saturated rings. The van der Waals surface area contributed by atoms with Crippen LogP contribution in [0.4, 0.5) is 0 Å². The van der Waals surface area contributed by atoms with Crippen molar-refractivity contribution in [1.29, 1.82) is 0 Å². The summed E-state index contributed by atoms with van der Waals surface area (Å²) in [6.45, 7) is 3.04. The first kappa shape index (κ1) is 20.7. The summed E-state index contributed by atoms with van der Waals surface area (Å²) in [5.74, 6) is 1.91. The number of nitrogens with zero attached hydrogens (tertiary/aromatic N) is 1. The molecule has 0 radical (unpaired) electrons. The van der Waals surface area contributed by atoms with Gasteiger partial charge in [0.15, 0.2) is 5.96 Å². The van der Waals surface area contributed by atoms with Gasteiger partial charge in [0.1, 0.15) is 5.76 Å². The van der Waals surface area contributed by atoms with E-state index < -0.39 is 0 Å². The second-order valence-corrected chi connectivity index (χ2v) is 7.98. The van der Waals surface area contributed by atoms with Crippen LogP contribution in [0, 0.1) is 5.92 Å². The third-order valence-corrected chi connectivity index (χ3v) is 5.84. The highest BCUT2D eigenvalue weighted by Gasteiger charge is 2.28. The fraction of sp³-hybridized carbons (Fsp3) is 0.727. The van der Waals surface area contributed by atoms with E-state index >= 15 is 0 Å². The molecule has 1 aromatic rings. The van der Waals surface area contributed by atoms with E-state index in [-0.39, 0.29) is 11.9 Å². The van der Waals surface area contributed by atoms with Crippen LogP contribution in [0.25, 0.3) is 0 Å². The Morgan fingerprint density at radius 2 is 1.82 bits per heavy atom. The van der Waals surface area contributed by atoms with Gasteiger partial charge in [-0.3, -0.25) is 9.79 Å². The SMILES string of the molecule is CCOC(=O)C1CCC(NC(=NCCc2ccco2)NC2CCCCC2)CC1. The maximum atomic E-state index is 12.0. The molecule has 0 saturated heterocycles. The number of furan rings is 1. The molecule has 3 rings (SSSR count). The average molecular weight is 390 g/mol. The van der Waals surface area contributed by atoms with Crippen LogP contribution in [-0.2, 0) is 16.0 Å². The van der Waals surface area contributed by atoms with Crippen molar-refractivity contribution in [2.24, 2.45) is 10.9 Å². The average Bonchev–Trinajstić information content (AvgIpc) is 3.23. The minimum absolute atomic E-state index is 0.0337. The van der Waals surface area contributed by atoms with Crippen molar-refractivity contribution in [3.05, 3.63) is 24.2 Å². The molecule has 2 aliphatic rings. The summed E-state index contributed by atoms with van der Waals surface area (Å²) >= 11 is 0. The highest BCUT2D eigenvalue weighted by Crippen LogP contribution is 2.25. The molecule has 2 aliphatic carbocycles. The van der Waals surface area contributed by atoms with Crippen LogP contribution in [0.2, 0.25) is 0 Å². The normalized spacial score (nSPS) is 24.0. The third kappa shape index (κ3) is 6.57. The summed E-state index contributed by atoms with van der Waals surface area (Å²) in [6, 6.07) is 4.79. The molecule has 0 aromatic carbocycles. The second kappa shape index (κ2) is 11.1. The second-order valence-electron chi connectivity index (χ2n) is 7.98. The van der Waals surface area contributed by atoms with Crippen molar-refractivity contribution in [2.45, 2.75) is 83.2 Å². The number of carbonyl (C=O) groups excluding carboxylic acids is 1. The summed E-state index contributed by atoms with van der Waals surface area (Å²) in [6.07, 6.45) is 12.6. The van der Waals surface area contributed by atoms with Crippen molar-refractivity contribution in [1.82, 2.24) is 10.6 Å². The maximum absolute atomic E-state index is 12.0. The van der Waals surface area contributed by atoms with Crippen LogP contribution in [0.15, 0.2) is 27.8 Å². The highest BCUT2D eigenvalue weighted by molar-refractivity contribution is 5.80. The molecule has 6 heteroatoms. The van der Waals surface area contributed by atoms with Crippen LogP contribution in [-0.4, -0.2) is 37.2 Å². The fourth-order valence-electron chi connectivity index (χ4n) is 4.23. The van der Waals surface area contributed by atoms with Gasteiger partial charge in [0, 0.05) is 25.0 Å². The Labute approximate surface area is 168 Å². The fourth-order valence-corrected chi connectivity index (χ4v) is 4.23.